The van der Waals surface area contributed by atoms with Gasteiger partial charge in [-0.2, -0.15) is 0 Å². The number of nitrogens with zero attached hydrogens (tertiary/aromatic N) is 1. The number of nitrogens with one attached hydrogen (secondary N) is 1. The lowest BCUT2D eigenvalue weighted by atomic mass is 10.2. The van der Waals surface area contributed by atoms with Crippen molar-refractivity contribution in [3.63, 3.8) is 0 Å². The first-order valence-corrected chi connectivity index (χ1v) is 9.62. The lowest BCUT2D eigenvalue weighted by molar-refractivity contribution is -0.143. The predicted octanol–water partition coefficient (Wildman–Crippen LogP) is -1.46. The number of aryl methyl sites for hydroxylation is 1. The molecule has 29 heavy (non-hydrogen) atoms. The summed E-state index contributed by atoms with van der Waals surface area (Å²) in [7, 11) is -4.67. The Morgan fingerprint density at radius 3 is 2.31 bits per heavy atom. The molecule has 1 fully saturated rings. The van der Waals surface area contributed by atoms with Crippen molar-refractivity contribution in [2.45, 2.75) is 44.6 Å². The maximum Gasteiger partial charge on any atom is 0.469 e. The van der Waals surface area contributed by atoms with E-state index >= 15 is 0 Å². The molecule has 3 atom stereocenters. The van der Waals surface area contributed by atoms with E-state index in [0.717, 1.165) is 4.57 Å². The summed E-state index contributed by atoms with van der Waals surface area (Å²) in [6, 6.07) is 0. The van der Waals surface area contributed by atoms with Gasteiger partial charge in [0.1, 0.15) is 12.3 Å². The van der Waals surface area contributed by atoms with Gasteiger partial charge in [-0.05, 0) is 6.92 Å². The summed E-state index contributed by atoms with van der Waals surface area (Å²) < 4.78 is 21.4. The minimum Gasteiger partial charge on any atom is -0.481 e. The second-order valence-electron chi connectivity index (χ2n) is 5.98. The molecule has 15 heteroatoms. The second kappa shape index (κ2) is 10.4. The monoisotopic (exact) mass is 440 g/mol. The Hall–Kier alpha value is -2.35. The fraction of sp³-hybridized carbons (Fsp3) is 0.571. The highest BCUT2D eigenvalue weighted by Gasteiger charge is 2.37. The molecule has 6 N–H and O–H groups in total. The number of phosphoric acid groups is 1. The molecule has 1 aliphatic heterocycles. The highest BCUT2D eigenvalue weighted by molar-refractivity contribution is 7.46. The third-order valence-corrected chi connectivity index (χ3v) is 4.11. The summed E-state index contributed by atoms with van der Waals surface area (Å²) in [5, 5.41) is 25.6. The number of aliphatic hydroxyl groups excluding tert-OH is 1. The van der Waals surface area contributed by atoms with Gasteiger partial charge in [0, 0.05) is 18.2 Å². The van der Waals surface area contributed by atoms with E-state index in [1.165, 1.54) is 13.1 Å². The molecule has 1 aromatic rings. The highest BCUT2D eigenvalue weighted by atomic mass is 31.2. The number of hydrogen-bond donors (Lipinski definition) is 6. The summed E-state index contributed by atoms with van der Waals surface area (Å²) in [6.45, 7) is 0.994. The van der Waals surface area contributed by atoms with Crippen molar-refractivity contribution in [2.75, 3.05) is 6.61 Å². The molecule has 0 spiro atoms. The number of rotatable bonds is 7. The van der Waals surface area contributed by atoms with Crippen LogP contribution >= 0.6 is 7.82 Å². The standard InChI is InChI=1S/C10H15N2O8P.C4H6O4/c1-5-3-12(10(15)11-9(5)14)8-2-6(13)7(20-8)4-19-21(16,17)18;5-3(6)1-2-4(7)8/h3,6-8,13H,2,4H2,1H3,(H,11,14,15)(H2,16,17,18);1-2H2,(H,5,6)(H,7,8)/t6-,7+,8+;/m0./s1. The Morgan fingerprint density at radius 2 is 1.83 bits per heavy atom. The van der Waals surface area contributed by atoms with Gasteiger partial charge in [0.25, 0.3) is 5.56 Å². The van der Waals surface area contributed by atoms with Gasteiger partial charge in [0.05, 0.1) is 25.6 Å². The fourth-order valence-electron chi connectivity index (χ4n) is 2.22. The number of ether oxygens (including phenoxy) is 1. The van der Waals surface area contributed by atoms with Gasteiger partial charge in [-0.3, -0.25) is 28.5 Å². The second-order valence-corrected chi connectivity index (χ2v) is 7.22. The van der Waals surface area contributed by atoms with E-state index in [9.17, 15) is 28.8 Å². The van der Waals surface area contributed by atoms with E-state index in [1.54, 1.807) is 0 Å². The summed E-state index contributed by atoms with van der Waals surface area (Å²) in [6.07, 6.45) is -2.16. The van der Waals surface area contributed by atoms with Gasteiger partial charge in [-0.1, -0.05) is 0 Å². The molecule has 0 unspecified atom stereocenters. The Labute approximate surface area is 162 Å². The number of aromatic amines is 1. The molecule has 0 amide bonds. The largest absolute Gasteiger partial charge is 0.481 e. The molecular formula is C14H21N2O12P. The van der Waals surface area contributed by atoms with Gasteiger partial charge in [-0.15, -0.1) is 0 Å². The third kappa shape index (κ3) is 8.68. The number of carboxylic acids is 2. The van der Waals surface area contributed by atoms with Crippen molar-refractivity contribution in [3.8, 4) is 0 Å². The van der Waals surface area contributed by atoms with E-state index in [0.29, 0.717) is 5.56 Å². The number of aromatic nitrogens is 2. The normalized spacial score (nSPS) is 21.3. The average Bonchev–Trinajstić information content (AvgIpc) is 2.95. The van der Waals surface area contributed by atoms with Crippen LogP contribution in [0.15, 0.2) is 15.8 Å². The first kappa shape index (κ1) is 24.7. The molecule has 0 aliphatic carbocycles. The van der Waals surface area contributed by atoms with Gasteiger partial charge >= 0.3 is 25.5 Å². The van der Waals surface area contributed by atoms with Crippen LogP contribution in [0.3, 0.4) is 0 Å². The Bertz CT molecular complexity index is 873. The zero-order valence-electron chi connectivity index (χ0n) is 15.1. The SMILES string of the molecule is Cc1cn([C@H]2C[C@H](O)[C@@H](COP(=O)(O)O)O2)c(=O)[nH]c1=O.O=C(O)CCC(=O)O. The zero-order valence-corrected chi connectivity index (χ0v) is 16.0. The Balaban J connectivity index is 0.000000447. The van der Waals surface area contributed by atoms with Gasteiger partial charge < -0.3 is 29.8 Å². The van der Waals surface area contributed by atoms with Crippen LogP contribution in [0, 0.1) is 6.92 Å². The first-order chi connectivity index (χ1) is 13.3. The van der Waals surface area contributed by atoms with Crippen LogP contribution in [0.2, 0.25) is 0 Å². The number of aliphatic carboxylic acids is 2. The van der Waals surface area contributed by atoms with Crippen LogP contribution in [-0.4, -0.2) is 65.4 Å². The number of carbonyl (C=O) groups is 2. The van der Waals surface area contributed by atoms with Gasteiger partial charge in [0.15, 0.2) is 0 Å². The quantitative estimate of drug-likeness (QED) is 0.267. The van der Waals surface area contributed by atoms with Crippen LogP contribution in [0.25, 0.3) is 0 Å². The van der Waals surface area contributed by atoms with Crippen molar-refractivity contribution in [1.82, 2.24) is 9.55 Å². The number of H-pyrrole nitrogens is 1. The molecule has 164 valence electrons. The van der Waals surface area contributed by atoms with Crippen LogP contribution in [0.5, 0.6) is 0 Å². The number of aliphatic hydroxyl groups is 1. The fourth-order valence-corrected chi connectivity index (χ4v) is 2.56. The molecule has 0 saturated carbocycles. The minimum atomic E-state index is -4.67. The van der Waals surface area contributed by atoms with Crippen LogP contribution in [0.4, 0.5) is 0 Å². The highest BCUT2D eigenvalue weighted by Crippen LogP contribution is 2.38. The predicted molar refractivity (Wildman–Crippen MR) is 93.1 cm³/mol. The number of hydrogen-bond acceptors (Lipinski definition) is 8. The molecule has 14 nitrogen and oxygen atoms in total. The molecule has 1 aliphatic rings. The van der Waals surface area contributed by atoms with E-state index in [2.05, 4.69) is 9.51 Å². The van der Waals surface area contributed by atoms with E-state index in [4.69, 9.17) is 24.7 Å². The van der Waals surface area contributed by atoms with E-state index < -0.39 is 56.1 Å². The van der Waals surface area contributed by atoms with Crippen LogP contribution in [-0.2, 0) is 23.4 Å². The summed E-state index contributed by atoms with van der Waals surface area (Å²) in [5.41, 5.74) is -0.918. The lowest BCUT2D eigenvalue weighted by Gasteiger charge is -2.16. The van der Waals surface area contributed by atoms with Crippen molar-refractivity contribution < 1.29 is 48.5 Å². The Kier molecular flexibility index (Phi) is 8.88. The summed E-state index contributed by atoms with van der Waals surface area (Å²) in [4.78, 5) is 61.6. The van der Waals surface area contributed by atoms with Crippen LogP contribution in [0.1, 0.15) is 31.1 Å². The average molecular weight is 440 g/mol. The first-order valence-electron chi connectivity index (χ1n) is 8.09. The topological polar surface area (TPSA) is 226 Å². The van der Waals surface area contributed by atoms with Crippen molar-refractivity contribution in [1.29, 1.82) is 0 Å². The maximum atomic E-state index is 11.7. The molecule has 2 rings (SSSR count). The molecular weight excluding hydrogens is 419 g/mol. The molecule has 0 bridgehead atoms. The lowest BCUT2D eigenvalue weighted by Crippen LogP contribution is -2.33. The summed E-state index contributed by atoms with van der Waals surface area (Å²) >= 11 is 0. The third-order valence-electron chi connectivity index (χ3n) is 3.62. The maximum absolute atomic E-state index is 11.7. The molecule has 0 aromatic carbocycles. The minimum absolute atomic E-state index is 0.0283. The smallest absolute Gasteiger partial charge is 0.469 e. The molecule has 1 saturated heterocycles. The van der Waals surface area contributed by atoms with E-state index in [1.807, 2.05) is 0 Å². The van der Waals surface area contributed by atoms with Crippen molar-refractivity contribution in [3.05, 3.63) is 32.6 Å². The van der Waals surface area contributed by atoms with Gasteiger partial charge in [-0.25, -0.2) is 9.36 Å². The van der Waals surface area contributed by atoms with Gasteiger partial charge in [0.2, 0.25) is 0 Å². The molecule has 0 radical (unpaired) electrons. The van der Waals surface area contributed by atoms with Crippen LogP contribution < -0.4 is 11.2 Å². The summed E-state index contributed by atoms with van der Waals surface area (Å²) in [5.74, 6) is -2.15. The number of phosphoric ester groups is 1. The van der Waals surface area contributed by atoms with Crippen molar-refractivity contribution in [2.24, 2.45) is 0 Å². The van der Waals surface area contributed by atoms with E-state index in [-0.39, 0.29) is 19.3 Å². The number of carboxylic acid groups (broad SMARTS) is 2. The molecule has 1 aromatic heterocycles. The molecule has 2 heterocycles. The zero-order chi connectivity index (χ0) is 22.4. The van der Waals surface area contributed by atoms with Crippen molar-refractivity contribution >= 4 is 19.8 Å². The Morgan fingerprint density at radius 1 is 1.28 bits per heavy atom.